The van der Waals surface area contributed by atoms with E-state index in [1.807, 2.05) is 4.98 Å². The standard InChI is InChI=1S/C15H18N4O9P/c20-9(12(22)10(21)6-28-29(25,26)27)5-19-8-4-2-1-3-7(8)16-11-13(19)17-15(24)18-14(11)23/h1-4,9-10,12,16,20-22H,5-6H2,(H,17,18,23)(H2,25,26,27)/t9-,10-,12-/m1/s1. The highest BCUT2D eigenvalue weighted by Gasteiger charge is 2.33. The van der Waals surface area contributed by atoms with Gasteiger partial charge in [0.2, 0.25) is 0 Å². The molecule has 0 amide bonds. The number of H-pyrrole nitrogens is 1. The first-order chi connectivity index (χ1) is 13.6. The molecular weight excluding hydrogens is 411 g/mol. The summed E-state index contributed by atoms with van der Waals surface area (Å²) in [5.74, 6) is -0.0929. The summed E-state index contributed by atoms with van der Waals surface area (Å²) in [6.45, 7) is -1.34. The van der Waals surface area contributed by atoms with Crippen molar-refractivity contribution in [3.8, 4) is 6.01 Å². The zero-order valence-electron chi connectivity index (χ0n) is 14.7. The number of fused-ring (bicyclic) bond motifs is 2. The first-order valence-corrected chi connectivity index (χ1v) is 9.79. The van der Waals surface area contributed by atoms with Gasteiger partial charge in [0, 0.05) is 0 Å². The van der Waals surface area contributed by atoms with Gasteiger partial charge in [-0.3, -0.25) is 14.3 Å². The summed E-state index contributed by atoms with van der Waals surface area (Å²) >= 11 is 0. The average Bonchev–Trinajstić information content (AvgIpc) is 2.65. The van der Waals surface area contributed by atoms with Gasteiger partial charge in [-0.15, -0.1) is 0 Å². The van der Waals surface area contributed by atoms with Gasteiger partial charge in [0.1, 0.15) is 24.0 Å². The number of benzene rings is 1. The third-order valence-electron chi connectivity index (χ3n) is 4.16. The zero-order valence-corrected chi connectivity index (χ0v) is 15.6. The quantitative estimate of drug-likeness (QED) is 0.274. The zero-order chi connectivity index (χ0) is 21.3. The Morgan fingerprint density at radius 3 is 2.55 bits per heavy atom. The summed E-state index contributed by atoms with van der Waals surface area (Å²) in [6, 6.07) is 5.69. The van der Waals surface area contributed by atoms with Gasteiger partial charge in [-0.05, 0) is 12.1 Å². The SMILES string of the molecule is [O]c1nc2c(c(=O)[nH]1)Nc1ccccc1N2C[C@@H](O)[C@@H](O)[C@H](O)COP(=O)(O)O. The number of rotatable bonds is 7. The number of anilines is 4. The summed E-state index contributed by atoms with van der Waals surface area (Å²) in [5, 5.41) is 44.8. The van der Waals surface area contributed by atoms with E-state index in [9.17, 15) is 29.8 Å². The van der Waals surface area contributed by atoms with Crippen LogP contribution >= 0.6 is 7.82 Å². The summed E-state index contributed by atoms with van der Waals surface area (Å²) < 4.78 is 14.8. The first-order valence-electron chi connectivity index (χ1n) is 8.26. The molecule has 0 bridgehead atoms. The Labute approximate surface area is 163 Å². The molecule has 0 saturated carbocycles. The fourth-order valence-corrected chi connectivity index (χ4v) is 3.17. The predicted octanol–water partition coefficient (Wildman–Crippen LogP) is -0.699. The lowest BCUT2D eigenvalue weighted by Crippen LogP contribution is -2.46. The number of aliphatic hydroxyl groups is 3. The number of phosphoric acid groups is 1. The molecule has 14 heteroatoms. The third kappa shape index (κ3) is 4.74. The summed E-state index contributed by atoms with van der Waals surface area (Å²) in [7, 11) is -4.88. The van der Waals surface area contributed by atoms with E-state index in [2.05, 4.69) is 14.8 Å². The number of hydrogen-bond acceptors (Lipinski definition) is 9. The summed E-state index contributed by atoms with van der Waals surface area (Å²) in [5.41, 5.74) is 0.128. The van der Waals surface area contributed by atoms with E-state index < -0.39 is 50.9 Å². The number of phosphoric ester groups is 1. The van der Waals surface area contributed by atoms with Crippen LogP contribution in [0.25, 0.3) is 0 Å². The summed E-state index contributed by atoms with van der Waals surface area (Å²) in [6.07, 6.45) is -5.35. The Bertz CT molecular complexity index is 994. The van der Waals surface area contributed by atoms with E-state index in [0.717, 1.165) is 0 Å². The van der Waals surface area contributed by atoms with Crippen molar-refractivity contribution in [2.24, 2.45) is 0 Å². The van der Waals surface area contributed by atoms with Crippen LogP contribution < -0.4 is 15.8 Å². The molecule has 2 aromatic rings. The molecule has 0 unspecified atom stereocenters. The first kappa shape index (κ1) is 21.2. The minimum absolute atomic E-state index is 0.0460. The second-order valence-corrected chi connectivity index (χ2v) is 7.47. The monoisotopic (exact) mass is 429 g/mol. The van der Waals surface area contributed by atoms with Crippen molar-refractivity contribution in [2.75, 3.05) is 23.4 Å². The van der Waals surface area contributed by atoms with Crippen molar-refractivity contribution < 1.29 is 39.3 Å². The molecule has 1 aromatic heterocycles. The van der Waals surface area contributed by atoms with Crippen molar-refractivity contribution >= 4 is 30.7 Å². The minimum atomic E-state index is -4.88. The highest BCUT2D eigenvalue weighted by molar-refractivity contribution is 7.46. The van der Waals surface area contributed by atoms with Crippen LogP contribution in [0.15, 0.2) is 29.1 Å². The fraction of sp³-hybridized carbons (Fsp3) is 0.333. The Morgan fingerprint density at radius 2 is 1.86 bits per heavy atom. The third-order valence-corrected chi connectivity index (χ3v) is 4.65. The van der Waals surface area contributed by atoms with Crippen LogP contribution in [0.5, 0.6) is 6.01 Å². The van der Waals surface area contributed by atoms with E-state index in [-0.39, 0.29) is 11.5 Å². The topological polar surface area (TPSA) is 208 Å². The molecule has 0 aliphatic carbocycles. The smallest absolute Gasteiger partial charge is 0.388 e. The average molecular weight is 429 g/mol. The second kappa shape index (κ2) is 8.08. The molecule has 1 aromatic carbocycles. The van der Waals surface area contributed by atoms with Crippen molar-refractivity contribution in [1.82, 2.24) is 9.97 Å². The minimum Gasteiger partial charge on any atom is -0.388 e. The Kier molecular flexibility index (Phi) is 5.91. The molecule has 13 nitrogen and oxygen atoms in total. The highest BCUT2D eigenvalue weighted by atomic mass is 31.2. The van der Waals surface area contributed by atoms with Crippen molar-refractivity contribution in [3.63, 3.8) is 0 Å². The summed E-state index contributed by atoms with van der Waals surface area (Å²) in [4.78, 5) is 36.5. The fourth-order valence-electron chi connectivity index (χ4n) is 2.82. The van der Waals surface area contributed by atoms with Gasteiger partial charge in [0.25, 0.3) is 5.56 Å². The Balaban J connectivity index is 1.87. The van der Waals surface area contributed by atoms with Gasteiger partial charge in [-0.1, -0.05) is 12.1 Å². The van der Waals surface area contributed by atoms with E-state index in [0.29, 0.717) is 11.4 Å². The predicted molar refractivity (Wildman–Crippen MR) is 97.7 cm³/mol. The van der Waals surface area contributed by atoms with E-state index in [4.69, 9.17) is 9.79 Å². The number of aromatic amines is 1. The lowest BCUT2D eigenvalue weighted by molar-refractivity contribution is -0.0717. The number of aromatic nitrogens is 2. The number of β-amino-alcohol motifs (C(OH)–C–C–N with tert-alkyl or cyclic N) is 1. The van der Waals surface area contributed by atoms with Crippen molar-refractivity contribution in [1.29, 1.82) is 0 Å². The van der Waals surface area contributed by atoms with Crippen LogP contribution in [-0.4, -0.2) is 66.5 Å². The normalized spacial score (nSPS) is 16.4. The maximum absolute atomic E-state index is 12.1. The maximum Gasteiger partial charge on any atom is 0.469 e. The molecule has 1 aliphatic heterocycles. The van der Waals surface area contributed by atoms with Crippen LogP contribution in [-0.2, 0) is 14.2 Å². The van der Waals surface area contributed by atoms with Crippen molar-refractivity contribution in [3.05, 3.63) is 34.6 Å². The van der Waals surface area contributed by atoms with Crippen LogP contribution in [0, 0.1) is 0 Å². The van der Waals surface area contributed by atoms with Gasteiger partial charge in [-0.25, -0.2) is 9.67 Å². The number of hydrogen-bond donors (Lipinski definition) is 7. The van der Waals surface area contributed by atoms with Gasteiger partial charge in [-0.2, -0.15) is 4.98 Å². The molecule has 1 aliphatic rings. The molecule has 157 valence electrons. The molecule has 0 spiro atoms. The van der Waals surface area contributed by atoms with Gasteiger partial charge in [0.15, 0.2) is 5.82 Å². The van der Waals surface area contributed by atoms with Crippen molar-refractivity contribution in [2.45, 2.75) is 18.3 Å². The Hall–Kier alpha value is -2.51. The van der Waals surface area contributed by atoms with Crippen LogP contribution in [0.1, 0.15) is 0 Å². The lowest BCUT2D eigenvalue weighted by Gasteiger charge is -2.34. The molecule has 29 heavy (non-hydrogen) atoms. The molecule has 3 rings (SSSR count). The van der Waals surface area contributed by atoms with Crippen LogP contribution in [0.4, 0.5) is 22.9 Å². The Morgan fingerprint density at radius 1 is 1.17 bits per heavy atom. The number of nitrogens with one attached hydrogen (secondary N) is 2. The van der Waals surface area contributed by atoms with Crippen LogP contribution in [0.3, 0.4) is 0 Å². The molecule has 2 heterocycles. The lowest BCUT2D eigenvalue weighted by atomic mass is 10.1. The highest BCUT2D eigenvalue weighted by Crippen LogP contribution is 2.41. The van der Waals surface area contributed by atoms with Gasteiger partial charge < -0.3 is 35.3 Å². The van der Waals surface area contributed by atoms with E-state index in [1.165, 1.54) is 4.90 Å². The van der Waals surface area contributed by atoms with Gasteiger partial charge >= 0.3 is 13.8 Å². The molecule has 0 fully saturated rings. The van der Waals surface area contributed by atoms with E-state index in [1.54, 1.807) is 24.3 Å². The number of para-hydroxylation sites is 2. The largest absolute Gasteiger partial charge is 0.469 e. The number of aliphatic hydroxyl groups excluding tert-OH is 3. The second-order valence-electron chi connectivity index (χ2n) is 6.23. The molecular formula is C15H18N4O9P. The maximum atomic E-state index is 12.1. The molecule has 1 radical (unpaired) electrons. The number of nitrogens with zero attached hydrogens (tertiary/aromatic N) is 2. The van der Waals surface area contributed by atoms with Gasteiger partial charge in [0.05, 0.1) is 24.5 Å². The molecule has 0 saturated heterocycles. The molecule has 7 N–H and O–H groups in total. The van der Waals surface area contributed by atoms with Crippen LogP contribution in [0.2, 0.25) is 0 Å². The van der Waals surface area contributed by atoms with E-state index >= 15 is 0 Å². The molecule has 3 atom stereocenters.